The number of carbonyl (C=O) groups is 2. The molecule has 0 aliphatic heterocycles. The second-order valence-corrected chi connectivity index (χ2v) is 6.74. The number of carbonyl (C=O) groups excluding carboxylic acids is 2. The fourth-order valence-electron chi connectivity index (χ4n) is 2.30. The Morgan fingerprint density at radius 3 is 2.61 bits per heavy atom. The van der Waals surface area contributed by atoms with Crippen LogP contribution in [0.1, 0.15) is 11.1 Å². The molecule has 0 radical (unpaired) electrons. The van der Waals surface area contributed by atoms with Gasteiger partial charge in [-0.3, -0.25) is 4.79 Å². The molecule has 0 saturated heterocycles. The molecule has 5 nitrogen and oxygen atoms in total. The van der Waals surface area contributed by atoms with Crippen LogP contribution in [0.25, 0.3) is 6.08 Å². The minimum atomic E-state index is -0.578. The molecule has 2 aromatic carbocycles. The molecule has 3 aromatic rings. The predicted octanol–water partition coefficient (Wildman–Crippen LogP) is 5.04. The molecular weight excluding hydrogens is 374 g/mol. The van der Waals surface area contributed by atoms with E-state index in [1.807, 2.05) is 54.1 Å². The first-order valence-electron chi connectivity index (χ1n) is 8.60. The highest BCUT2D eigenvalue weighted by Gasteiger charge is 2.10. The topological polar surface area (TPSA) is 64.6 Å². The Kier molecular flexibility index (Phi) is 6.59. The lowest BCUT2D eigenvalue weighted by Gasteiger charge is -2.12. The third-order valence-electron chi connectivity index (χ3n) is 3.71. The maximum atomic E-state index is 12.1. The van der Waals surface area contributed by atoms with Crippen LogP contribution in [0.3, 0.4) is 0 Å². The fourth-order valence-corrected chi connectivity index (χ4v) is 2.93. The second kappa shape index (κ2) is 9.53. The van der Waals surface area contributed by atoms with Gasteiger partial charge in [-0.1, -0.05) is 29.8 Å². The molecule has 3 rings (SSSR count). The van der Waals surface area contributed by atoms with Crippen LogP contribution in [0, 0.1) is 6.92 Å². The number of para-hydroxylation sites is 2. The summed E-state index contributed by atoms with van der Waals surface area (Å²) in [5.41, 5.74) is 2.54. The largest absolute Gasteiger partial charge is 0.455 e. The lowest BCUT2D eigenvalue weighted by Crippen LogP contribution is -2.20. The van der Waals surface area contributed by atoms with Crippen LogP contribution in [0.5, 0.6) is 11.5 Å². The molecule has 0 bridgehead atoms. The van der Waals surface area contributed by atoms with Gasteiger partial charge in [0.25, 0.3) is 5.91 Å². The molecule has 1 aromatic heterocycles. The van der Waals surface area contributed by atoms with Gasteiger partial charge in [-0.15, -0.1) is 0 Å². The minimum absolute atomic E-state index is 0.383. The number of ether oxygens (including phenoxy) is 2. The van der Waals surface area contributed by atoms with Crippen molar-refractivity contribution in [2.24, 2.45) is 0 Å². The van der Waals surface area contributed by atoms with Crippen LogP contribution in [0.4, 0.5) is 5.69 Å². The lowest BCUT2D eigenvalue weighted by molar-refractivity contribution is -0.142. The van der Waals surface area contributed by atoms with E-state index in [4.69, 9.17) is 9.47 Å². The highest BCUT2D eigenvalue weighted by atomic mass is 32.1. The summed E-state index contributed by atoms with van der Waals surface area (Å²) in [7, 11) is 0. The molecule has 0 aliphatic carbocycles. The van der Waals surface area contributed by atoms with Crippen molar-refractivity contribution in [3.8, 4) is 11.5 Å². The number of aryl methyl sites for hydroxylation is 1. The molecule has 1 heterocycles. The van der Waals surface area contributed by atoms with Gasteiger partial charge in [-0.2, -0.15) is 11.3 Å². The van der Waals surface area contributed by atoms with E-state index in [0.29, 0.717) is 17.2 Å². The first kappa shape index (κ1) is 19.4. The summed E-state index contributed by atoms with van der Waals surface area (Å²) in [6.45, 7) is 1.61. The van der Waals surface area contributed by atoms with E-state index in [1.165, 1.54) is 17.4 Å². The van der Waals surface area contributed by atoms with Gasteiger partial charge in [0.1, 0.15) is 5.75 Å². The molecule has 0 atom stereocenters. The van der Waals surface area contributed by atoms with Crippen molar-refractivity contribution < 1.29 is 19.1 Å². The Morgan fingerprint density at radius 1 is 1.07 bits per heavy atom. The van der Waals surface area contributed by atoms with Crippen molar-refractivity contribution in [3.05, 3.63) is 82.6 Å². The van der Waals surface area contributed by atoms with Crippen LogP contribution in [0.15, 0.2) is 71.4 Å². The van der Waals surface area contributed by atoms with Gasteiger partial charge in [0.05, 0.1) is 5.69 Å². The van der Waals surface area contributed by atoms with Crippen LogP contribution in [0.2, 0.25) is 0 Å². The number of amides is 1. The van der Waals surface area contributed by atoms with Crippen LogP contribution >= 0.6 is 11.3 Å². The number of esters is 1. The highest BCUT2D eigenvalue weighted by Crippen LogP contribution is 2.29. The van der Waals surface area contributed by atoms with Gasteiger partial charge < -0.3 is 14.8 Å². The van der Waals surface area contributed by atoms with Crippen LogP contribution in [-0.4, -0.2) is 18.5 Å². The third-order valence-corrected chi connectivity index (χ3v) is 4.41. The molecule has 1 amide bonds. The normalized spacial score (nSPS) is 10.6. The van der Waals surface area contributed by atoms with Gasteiger partial charge in [-0.05, 0) is 59.7 Å². The summed E-state index contributed by atoms with van der Waals surface area (Å²) in [5.74, 6) is 0.142. The van der Waals surface area contributed by atoms with E-state index in [9.17, 15) is 9.59 Å². The van der Waals surface area contributed by atoms with Gasteiger partial charge in [-0.25, -0.2) is 4.79 Å². The molecule has 0 saturated carbocycles. The number of hydrogen-bond acceptors (Lipinski definition) is 5. The maximum absolute atomic E-state index is 12.1. The first-order valence-corrected chi connectivity index (χ1v) is 9.55. The number of anilines is 1. The average molecular weight is 393 g/mol. The predicted molar refractivity (Wildman–Crippen MR) is 111 cm³/mol. The summed E-state index contributed by atoms with van der Waals surface area (Å²) in [6.07, 6.45) is 2.94. The van der Waals surface area contributed by atoms with Gasteiger partial charge >= 0.3 is 5.97 Å². The highest BCUT2D eigenvalue weighted by molar-refractivity contribution is 7.08. The molecule has 0 fully saturated rings. The average Bonchev–Trinajstić information content (AvgIpc) is 3.22. The second-order valence-electron chi connectivity index (χ2n) is 5.96. The summed E-state index contributed by atoms with van der Waals surface area (Å²) >= 11 is 1.53. The van der Waals surface area contributed by atoms with Crippen LogP contribution in [-0.2, 0) is 14.3 Å². The summed E-state index contributed by atoms with van der Waals surface area (Å²) < 4.78 is 10.8. The molecule has 0 aliphatic rings. The molecule has 6 heteroatoms. The number of thiophene rings is 1. The van der Waals surface area contributed by atoms with E-state index in [1.54, 1.807) is 24.3 Å². The zero-order valence-electron chi connectivity index (χ0n) is 15.3. The summed E-state index contributed by atoms with van der Waals surface area (Å²) in [6, 6.07) is 16.6. The minimum Gasteiger partial charge on any atom is -0.455 e. The van der Waals surface area contributed by atoms with Crippen molar-refractivity contribution in [3.63, 3.8) is 0 Å². The lowest BCUT2D eigenvalue weighted by atomic mass is 10.2. The standard InChI is InChI=1S/C22H19NO4S/c1-16-6-9-18(10-7-16)27-20-5-3-2-4-19(20)23-21(24)14-26-22(25)11-8-17-12-13-28-15-17/h2-13,15H,14H2,1H3,(H,23,24)/b11-8+. The molecule has 0 unspecified atom stereocenters. The first-order chi connectivity index (χ1) is 13.6. The zero-order valence-corrected chi connectivity index (χ0v) is 16.1. The van der Waals surface area contributed by atoms with E-state index in [0.717, 1.165) is 11.1 Å². The number of benzene rings is 2. The molecule has 142 valence electrons. The van der Waals surface area contributed by atoms with E-state index >= 15 is 0 Å². The Labute approximate surface area is 167 Å². The molecule has 1 N–H and O–H groups in total. The Hall–Kier alpha value is -3.38. The van der Waals surface area contributed by atoms with E-state index in [2.05, 4.69) is 5.32 Å². The monoisotopic (exact) mass is 393 g/mol. The van der Waals surface area contributed by atoms with Crippen molar-refractivity contribution in [1.29, 1.82) is 0 Å². The number of rotatable bonds is 7. The van der Waals surface area contributed by atoms with Gasteiger partial charge in [0.15, 0.2) is 12.4 Å². The van der Waals surface area contributed by atoms with Crippen LogP contribution < -0.4 is 10.1 Å². The van der Waals surface area contributed by atoms with Gasteiger partial charge in [0.2, 0.25) is 0 Å². The quantitative estimate of drug-likeness (QED) is 0.451. The summed E-state index contributed by atoms with van der Waals surface area (Å²) in [5, 5.41) is 6.52. The van der Waals surface area contributed by atoms with E-state index in [-0.39, 0.29) is 6.61 Å². The molecule has 28 heavy (non-hydrogen) atoms. The third kappa shape index (κ3) is 5.82. The SMILES string of the molecule is Cc1ccc(Oc2ccccc2NC(=O)COC(=O)/C=C/c2ccsc2)cc1. The van der Waals surface area contributed by atoms with Crippen molar-refractivity contribution in [2.45, 2.75) is 6.92 Å². The molecule has 0 spiro atoms. The maximum Gasteiger partial charge on any atom is 0.331 e. The van der Waals surface area contributed by atoms with Gasteiger partial charge in [0, 0.05) is 6.08 Å². The fraction of sp³-hybridized carbons (Fsp3) is 0.0909. The molecular formula is C22H19NO4S. The number of nitrogens with one attached hydrogen (secondary N) is 1. The van der Waals surface area contributed by atoms with E-state index < -0.39 is 11.9 Å². The van der Waals surface area contributed by atoms with Crippen molar-refractivity contribution in [1.82, 2.24) is 0 Å². The summed E-state index contributed by atoms with van der Waals surface area (Å²) in [4.78, 5) is 23.9. The number of hydrogen-bond donors (Lipinski definition) is 1. The van der Waals surface area contributed by atoms with Crippen molar-refractivity contribution >= 4 is 35.0 Å². The smallest absolute Gasteiger partial charge is 0.331 e. The Morgan fingerprint density at radius 2 is 1.86 bits per heavy atom. The Bertz CT molecular complexity index is 962. The van der Waals surface area contributed by atoms with Crippen molar-refractivity contribution in [2.75, 3.05) is 11.9 Å². The zero-order chi connectivity index (χ0) is 19.8. The Balaban J connectivity index is 1.55.